The second-order valence-corrected chi connectivity index (χ2v) is 8.09. The fraction of sp³-hybridized carbons (Fsp3) is 0.240. The van der Waals surface area contributed by atoms with Gasteiger partial charge < -0.3 is 10.1 Å². The van der Waals surface area contributed by atoms with Crippen LogP contribution in [-0.4, -0.2) is 16.7 Å². The average molecular weight is 472 g/mol. The quantitative estimate of drug-likeness (QED) is 0.425. The normalized spacial score (nSPS) is 13.4. The first-order valence-electron chi connectivity index (χ1n) is 10.6. The minimum absolute atomic E-state index is 0.00557. The molecule has 5 nitrogen and oxygen atoms in total. The Bertz CT molecular complexity index is 1210. The van der Waals surface area contributed by atoms with E-state index in [0.29, 0.717) is 28.9 Å². The summed E-state index contributed by atoms with van der Waals surface area (Å²) >= 11 is 0. The van der Waals surface area contributed by atoms with Gasteiger partial charge in [0.25, 0.3) is 0 Å². The highest BCUT2D eigenvalue weighted by molar-refractivity contribution is 5.93. The maximum atomic E-state index is 13.4. The molecule has 34 heavy (non-hydrogen) atoms. The molecule has 1 aliphatic rings. The van der Waals surface area contributed by atoms with Crippen molar-refractivity contribution in [3.63, 3.8) is 0 Å². The molecule has 3 aromatic rings. The van der Waals surface area contributed by atoms with Crippen LogP contribution in [0.15, 0.2) is 60.8 Å². The summed E-state index contributed by atoms with van der Waals surface area (Å²) in [7, 11) is 0. The predicted molar refractivity (Wildman–Crippen MR) is 116 cm³/mol. The first kappa shape index (κ1) is 23.4. The standard InChI is InChI=1S/C25H20F4N2O3/c26-22-8-3-16(13-21(22)25(27,28)29)12-18(32)11-15-1-6-19(7-2-15)34-20-9-10-30-23(14-20)31-24(33)17-4-5-17/h1-3,6-10,13-14,17H,4-5,11-12H2,(H,30,31,33). The molecular weight excluding hydrogens is 452 g/mol. The minimum atomic E-state index is -4.82. The summed E-state index contributed by atoms with van der Waals surface area (Å²) < 4.78 is 57.8. The zero-order valence-corrected chi connectivity index (χ0v) is 17.9. The van der Waals surface area contributed by atoms with E-state index in [4.69, 9.17) is 4.74 Å². The van der Waals surface area contributed by atoms with Gasteiger partial charge in [0.05, 0.1) is 5.56 Å². The number of pyridine rings is 1. The van der Waals surface area contributed by atoms with Crippen molar-refractivity contribution >= 4 is 17.5 Å². The number of aromatic nitrogens is 1. The van der Waals surface area contributed by atoms with Crippen LogP contribution in [0.25, 0.3) is 0 Å². The van der Waals surface area contributed by atoms with Gasteiger partial charge in [0.1, 0.15) is 28.9 Å². The number of Topliss-reactive ketones (excluding diaryl/α,β-unsaturated/α-hetero) is 1. The molecule has 0 radical (unpaired) electrons. The first-order chi connectivity index (χ1) is 16.2. The molecule has 1 aromatic heterocycles. The summed E-state index contributed by atoms with van der Waals surface area (Å²) in [6.45, 7) is 0. The fourth-order valence-electron chi connectivity index (χ4n) is 3.35. The number of nitrogens with one attached hydrogen (secondary N) is 1. The zero-order valence-electron chi connectivity index (χ0n) is 17.9. The van der Waals surface area contributed by atoms with E-state index < -0.39 is 17.6 Å². The molecule has 0 atom stereocenters. The van der Waals surface area contributed by atoms with Crippen molar-refractivity contribution in [2.75, 3.05) is 5.32 Å². The van der Waals surface area contributed by atoms with Crippen LogP contribution in [0.5, 0.6) is 11.5 Å². The monoisotopic (exact) mass is 472 g/mol. The van der Waals surface area contributed by atoms with Gasteiger partial charge in [-0.05, 0) is 54.3 Å². The smallest absolute Gasteiger partial charge is 0.419 e. The summed E-state index contributed by atoms with van der Waals surface area (Å²) in [5.74, 6) is -0.321. The first-order valence-corrected chi connectivity index (χ1v) is 10.6. The number of ether oxygens (including phenoxy) is 1. The lowest BCUT2D eigenvalue weighted by Crippen LogP contribution is -2.14. The van der Waals surface area contributed by atoms with E-state index in [-0.39, 0.29) is 36.0 Å². The van der Waals surface area contributed by atoms with Gasteiger partial charge in [-0.25, -0.2) is 9.37 Å². The Balaban J connectivity index is 1.34. The van der Waals surface area contributed by atoms with Gasteiger partial charge in [-0.1, -0.05) is 18.2 Å². The van der Waals surface area contributed by atoms with Crippen LogP contribution in [0.3, 0.4) is 0 Å². The average Bonchev–Trinajstić information content (AvgIpc) is 3.62. The second-order valence-electron chi connectivity index (χ2n) is 8.09. The van der Waals surface area contributed by atoms with Crippen LogP contribution in [0.2, 0.25) is 0 Å². The molecule has 2 aromatic carbocycles. The Morgan fingerprint density at radius 3 is 2.29 bits per heavy atom. The number of ketones is 1. The lowest BCUT2D eigenvalue weighted by molar-refractivity contribution is -0.140. The SMILES string of the molecule is O=C(Cc1ccc(Oc2ccnc(NC(=O)C3CC3)c2)cc1)Cc1ccc(F)c(C(F)(F)F)c1. The molecule has 0 aliphatic heterocycles. The van der Waals surface area contributed by atoms with E-state index in [1.165, 1.54) is 12.3 Å². The van der Waals surface area contributed by atoms with Crippen LogP contribution >= 0.6 is 0 Å². The number of carbonyl (C=O) groups excluding carboxylic acids is 2. The van der Waals surface area contributed by atoms with Crippen LogP contribution in [-0.2, 0) is 28.6 Å². The lowest BCUT2D eigenvalue weighted by atomic mass is 10.0. The van der Waals surface area contributed by atoms with Crippen molar-refractivity contribution in [2.24, 2.45) is 5.92 Å². The van der Waals surface area contributed by atoms with Gasteiger partial charge in [0, 0.05) is 31.0 Å². The lowest BCUT2D eigenvalue weighted by Gasteiger charge is -2.10. The van der Waals surface area contributed by atoms with Crippen molar-refractivity contribution in [1.29, 1.82) is 0 Å². The van der Waals surface area contributed by atoms with Crippen molar-refractivity contribution in [1.82, 2.24) is 4.98 Å². The Morgan fingerprint density at radius 1 is 0.941 bits per heavy atom. The second kappa shape index (κ2) is 9.62. The molecule has 1 amide bonds. The molecular formula is C25H20F4N2O3. The highest BCUT2D eigenvalue weighted by Crippen LogP contribution is 2.32. The maximum Gasteiger partial charge on any atom is 0.419 e. The summed E-state index contributed by atoms with van der Waals surface area (Å²) in [6.07, 6.45) is -1.77. The van der Waals surface area contributed by atoms with E-state index in [9.17, 15) is 27.2 Å². The van der Waals surface area contributed by atoms with E-state index in [1.807, 2.05) is 0 Å². The zero-order chi connectivity index (χ0) is 24.3. The van der Waals surface area contributed by atoms with Gasteiger partial charge in [-0.15, -0.1) is 0 Å². The summed E-state index contributed by atoms with van der Waals surface area (Å²) in [5.41, 5.74) is -0.630. The third kappa shape index (κ3) is 6.18. The van der Waals surface area contributed by atoms with E-state index in [1.54, 1.807) is 36.4 Å². The van der Waals surface area contributed by atoms with E-state index in [0.717, 1.165) is 18.9 Å². The minimum Gasteiger partial charge on any atom is -0.457 e. The third-order valence-electron chi connectivity index (χ3n) is 5.23. The van der Waals surface area contributed by atoms with Crippen molar-refractivity contribution in [3.8, 4) is 11.5 Å². The van der Waals surface area contributed by atoms with Crippen LogP contribution in [0.1, 0.15) is 29.5 Å². The van der Waals surface area contributed by atoms with Crippen LogP contribution in [0, 0.1) is 11.7 Å². The number of hydrogen-bond donors (Lipinski definition) is 1. The largest absolute Gasteiger partial charge is 0.457 e. The number of anilines is 1. The molecule has 0 unspecified atom stereocenters. The van der Waals surface area contributed by atoms with Crippen LogP contribution in [0.4, 0.5) is 23.4 Å². The molecule has 1 heterocycles. The summed E-state index contributed by atoms with van der Waals surface area (Å²) in [4.78, 5) is 28.3. The van der Waals surface area contributed by atoms with Crippen molar-refractivity contribution < 1.29 is 31.9 Å². The fourth-order valence-corrected chi connectivity index (χ4v) is 3.35. The molecule has 1 fully saturated rings. The number of carbonyl (C=O) groups is 2. The highest BCUT2D eigenvalue weighted by atomic mass is 19.4. The number of rotatable bonds is 8. The molecule has 4 rings (SSSR count). The molecule has 1 saturated carbocycles. The van der Waals surface area contributed by atoms with Gasteiger partial charge in [0.2, 0.25) is 5.91 Å². The molecule has 0 spiro atoms. The Hall–Kier alpha value is -3.75. The number of benzene rings is 2. The van der Waals surface area contributed by atoms with Gasteiger partial charge in [-0.3, -0.25) is 9.59 Å². The Morgan fingerprint density at radius 2 is 1.62 bits per heavy atom. The number of nitrogens with zero attached hydrogens (tertiary/aromatic N) is 1. The molecule has 1 N–H and O–H groups in total. The summed E-state index contributed by atoms with van der Waals surface area (Å²) in [5, 5.41) is 2.74. The van der Waals surface area contributed by atoms with Gasteiger partial charge in [0.15, 0.2) is 0 Å². The van der Waals surface area contributed by atoms with E-state index in [2.05, 4.69) is 10.3 Å². The topological polar surface area (TPSA) is 68.3 Å². The predicted octanol–water partition coefficient (Wildman–Crippen LogP) is 5.73. The highest BCUT2D eigenvalue weighted by Gasteiger charge is 2.34. The van der Waals surface area contributed by atoms with Crippen molar-refractivity contribution in [2.45, 2.75) is 31.9 Å². The third-order valence-corrected chi connectivity index (χ3v) is 5.23. The van der Waals surface area contributed by atoms with Gasteiger partial charge in [-0.2, -0.15) is 13.2 Å². The number of amides is 1. The number of hydrogen-bond acceptors (Lipinski definition) is 4. The number of halogens is 4. The Labute approximate surface area is 192 Å². The van der Waals surface area contributed by atoms with Crippen LogP contribution < -0.4 is 10.1 Å². The van der Waals surface area contributed by atoms with Crippen molar-refractivity contribution in [3.05, 3.63) is 83.3 Å². The Kier molecular flexibility index (Phi) is 6.63. The maximum absolute atomic E-state index is 13.4. The molecule has 1 aliphatic carbocycles. The number of alkyl halides is 3. The van der Waals surface area contributed by atoms with E-state index >= 15 is 0 Å². The summed E-state index contributed by atoms with van der Waals surface area (Å²) in [6, 6.07) is 12.5. The molecule has 9 heteroatoms. The molecule has 0 saturated heterocycles. The van der Waals surface area contributed by atoms with Gasteiger partial charge >= 0.3 is 6.18 Å². The molecule has 176 valence electrons. The molecule has 0 bridgehead atoms.